The number of carbonyl (C=O) groups excluding carboxylic acids is 1. The number of nitrogens with one attached hydrogen (secondary N) is 2. The van der Waals surface area contributed by atoms with Gasteiger partial charge in [-0.1, -0.05) is 11.6 Å². The topological polar surface area (TPSA) is 97.0 Å². The maximum absolute atomic E-state index is 13.5. The number of nitrogens with zero attached hydrogens (tertiary/aromatic N) is 1. The van der Waals surface area contributed by atoms with Gasteiger partial charge in [-0.15, -0.1) is 11.8 Å². The van der Waals surface area contributed by atoms with Gasteiger partial charge in [-0.3, -0.25) is 9.52 Å². The van der Waals surface area contributed by atoms with E-state index < -0.39 is 10.0 Å². The van der Waals surface area contributed by atoms with Crippen molar-refractivity contribution < 1.29 is 22.7 Å². The number of methoxy groups -OCH3 is 1. The van der Waals surface area contributed by atoms with Gasteiger partial charge < -0.3 is 19.7 Å². The molecule has 0 unspecified atom stereocenters. The zero-order valence-electron chi connectivity index (χ0n) is 19.6. The number of anilines is 3. The van der Waals surface area contributed by atoms with Gasteiger partial charge in [0.05, 0.1) is 31.8 Å². The predicted molar refractivity (Wildman–Crippen MR) is 144 cm³/mol. The number of amides is 1. The first-order valence-electron chi connectivity index (χ1n) is 11.2. The van der Waals surface area contributed by atoms with Gasteiger partial charge in [0, 0.05) is 34.4 Å². The molecule has 4 rings (SSSR count). The molecule has 3 aromatic carbocycles. The van der Waals surface area contributed by atoms with E-state index in [1.165, 1.54) is 17.8 Å². The Morgan fingerprint density at radius 1 is 1.03 bits per heavy atom. The number of morpholine rings is 1. The van der Waals surface area contributed by atoms with Crippen LogP contribution < -0.4 is 19.7 Å². The number of hydrogen-bond acceptors (Lipinski definition) is 7. The fraction of sp³-hybridized carbons (Fsp3) is 0.240. The second-order valence-electron chi connectivity index (χ2n) is 7.91. The van der Waals surface area contributed by atoms with E-state index in [9.17, 15) is 13.2 Å². The van der Waals surface area contributed by atoms with Gasteiger partial charge >= 0.3 is 0 Å². The molecule has 0 aromatic heterocycles. The quantitative estimate of drug-likeness (QED) is 0.374. The summed E-state index contributed by atoms with van der Waals surface area (Å²) in [5, 5.41) is 3.43. The van der Waals surface area contributed by atoms with Crippen molar-refractivity contribution in [2.75, 3.05) is 54.1 Å². The van der Waals surface area contributed by atoms with E-state index in [0.29, 0.717) is 54.1 Å². The number of halogens is 1. The fourth-order valence-corrected chi connectivity index (χ4v) is 5.75. The largest absolute Gasteiger partial charge is 0.497 e. The van der Waals surface area contributed by atoms with Gasteiger partial charge in [0.1, 0.15) is 10.6 Å². The Kier molecular flexibility index (Phi) is 8.63. The first kappa shape index (κ1) is 26.2. The second kappa shape index (κ2) is 11.9. The molecule has 8 nitrogen and oxygen atoms in total. The standard InChI is InChI=1S/C25H26ClN3O5S2/c1-33-21-7-4-19(5-8-21)28-36(31,32)24-16-20(6-11-23(24)29-12-14-34-15-13-29)27-25(30)17-35-22-9-2-18(26)3-10-22/h2-11,16,28H,12-15,17H2,1H3,(H,27,30). The van der Waals surface area contributed by atoms with Crippen LogP contribution >= 0.6 is 23.4 Å². The average molecular weight is 548 g/mol. The second-order valence-corrected chi connectivity index (χ2v) is 11.0. The van der Waals surface area contributed by atoms with Crippen molar-refractivity contribution in [1.82, 2.24) is 0 Å². The molecule has 0 radical (unpaired) electrons. The smallest absolute Gasteiger partial charge is 0.264 e. The molecule has 0 aliphatic carbocycles. The summed E-state index contributed by atoms with van der Waals surface area (Å²) in [6, 6.07) is 18.7. The van der Waals surface area contributed by atoms with Crippen LogP contribution in [0.5, 0.6) is 5.75 Å². The van der Waals surface area contributed by atoms with Gasteiger partial charge in [-0.05, 0) is 66.7 Å². The van der Waals surface area contributed by atoms with E-state index in [-0.39, 0.29) is 16.6 Å². The minimum atomic E-state index is -3.97. The average Bonchev–Trinajstić information content (AvgIpc) is 2.89. The summed E-state index contributed by atoms with van der Waals surface area (Å²) in [6.07, 6.45) is 0. The Balaban J connectivity index is 1.55. The molecule has 0 atom stereocenters. The van der Waals surface area contributed by atoms with E-state index in [0.717, 1.165) is 4.90 Å². The van der Waals surface area contributed by atoms with Gasteiger partial charge in [0.2, 0.25) is 5.91 Å². The monoisotopic (exact) mass is 547 g/mol. The molecule has 3 aromatic rings. The number of hydrogen-bond donors (Lipinski definition) is 2. The highest BCUT2D eigenvalue weighted by molar-refractivity contribution is 8.00. The molecule has 190 valence electrons. The molecule has 0 spiro atoms. The number of carbonyl (C=O) groups is 1. The van der Waals surface area contributed by atoms with Crippen LogP contribution in [0.2, 0.25) is 5.02 Å². The van der Waals surface area contributed by atoms with E-state index in [2.05, 4.69) is 10.0 Å². The summed E-state index contributed by atoms with van der Waals surface area (Å²) in [5.74, 6) is 0.535. The Bertz CT molecular complexity index is 1300. The van der Waals surface area contributed by atoms with E-state index in [1.54, 1.807) is 55.6 Å². The van der Waals surface area contributed by atoms with Crippen LogP contribution in [0.25, 0.3) is 0 Å². The molecular formula is C25H26ClN3O5S2. The number of benzene rings is 3. The summed E-state index contributed by atoms with van der Waals surface area (Å²) >= 11 is 7.27. The van der Waals surface area contributed by atoms with Gasteiger partial charge in [-0.2, -0.15) is 0 Å². The lowest BCUT2D eigenvalue weighted by Crippen LogP contribution is -2.37. The highest BCUT2D eigenvalue weighted by Crippen LogP contribution is 2.31. The van der Waals surface area contributed by atoms with Crippen LogP contribution in [-0.2, 0) is 19.6 Å². The van der Waals surface area contributed by atoms with Crippen LogP contribution in [0.1, 0.15) is 0 Å². The first-order valence-corrected chi connectivity index (χ1v) is 14.0. The van der Waals surface area contributed by atoms with Crippen LogP contribution in [0.15, 0.2) is 76.5 Å². The molecule has 0 saturated carbocycles. The maximum atomic E-state index is 13.5. The van der Waals surface area contributed by atoms with Crippen molar-refractivity contribution in [2.45, 2.75) is 9.79 Å². The van der Waals surface area contributed by atoms with Crippen molar-refractivity contribution >= 4 is 56.4 Å². The predicted octanol–water partition coefficient (Wildman–Crippen LogP) is 4.72. The summed E-state index contributed by atoms with van der Waals surface area (Å²) in [7, 11) is -2.43. The van der Waals surface area contributed by atoms with Crippen molar-refractivity contribution in [3.05, 3.63) is 71.8 Å². The third-order valence-electron chi connectivity index (χ3n) is 5.41. The van der Waals surface area contributed by atoms with Crippen LogP contribution in [0.3, 0.4) is 0 Å². The van der Waals surface area contributed by atoms with Gasteiger partial charge in [-0.25, -0.2) is 8.42 Å². The number of thioether (sulfide) groups is 1. The molecule has 0 bridgehead atoms. The Morgan fingerprint density at radius 2 is 1.69 bits per heavy atom. The molecule has 1 aliphatic heterocycles. The van der Waals surface area contributed by atoms with Crippen LogP contribution in [0.4, 0.5) is 17.1 Å². The van der Waals surface area contributed by atoms with Crippen LogP contribution in [-0.4, -0.2) is 53.5 Å². The SMILES string of the molecule is COc1ccc(NS(=O)(=O)c2cc(NC(=O)CSc3ccc(Cl)cc3)ccc2N2CCOCC2)cc1. The highest BCUT2D eigenvalue weighted by Gasteiger charge is 2.24. The third kappa shape index (κ3) is 6.85. The molecule has 11 heteroatoms. The van der Waals surface area contributed by atoms with Crippen LogP contribution in [0, 0.1) is 0 Å². The molecule has 1 amide bonds. The molecule has 1 saturated heterocycles. The Morgan fingerprint density at radius 3 is 2.36 bits per heavy atom. The minimum Gasteiger partial charge on any atom is -0.497 e. The number of sulfonamides is 1. The summed E-state index contributed by atoms with van der Waals surface area (Å²) in [5.41, 5.74) is 1.34. The zero-order chi connectivity index (χ0) is 25.5. The van der Waals surface area contributed by atoms with Crippen molar-refractivity contribution in [3.63, 3.8) is 0 Å². The first-order chi connectivity index (χ1) is 17.3. The lowest BCUT2D eigenvalue weighted by atomic mass is 10.2. The van der Waals surface area contributed by atoms with E-state index >= 15 is 0 Å². The fourth-order valence-electron chi connectivity index (χ4n) is 3.62. The van der Waals surface area contributed by atoms with Crippen molar-refractivity contribution in [1.29, 1.82) is 0 Å². The molecule has 36 heavy (non-hydrogen) atoms. The number of ether oxygens (including phenoxy) is 2. The van der Waals surface area contributed by atoms with E-state index in [1.807, 2.05) is 17.0 Å². The van der Waals surface area contributed by atoms with E-state index in [4.69, 9.17) is 21.1 Å². The summed E-state index contributed by atoms with van der Waals surface area (Å²) in [6.45, 7) is 2.14. The summed E-state index contributed by atoms with van der Waals surface area (Å²) in [4.78, 5) is 15.5. The third-order valence-corrected chi connectivity index (χ3v) is 8.09. The lowest BCUT2D eigenvalue weighted by Gasteiger charge is -2.30. The van der Waals surface area contributed by atoms with Gasteiger partial charge in [0.25, 0.3) is 10.0 Å². The normalized spacial score (nSPS) is 13.8. The Labute approximate surface area is 220 Å². The molecule has 2 N–H and O–H groups in total. The van der Waals surface area contributed by atoms with Crippen molar-refractivity contribution in [3.8, 4) is 5.75 Å². The lowest BCUT2D eigenvalue weighted by molar-refractivity contribution is -0.113. The Hall–Kier alpha value is -2.92. The molecular weight excluding hydrogens is 522 g/mol. The summed E-state index contributed by atoms with van der Waals surface area (Å²) < 4.78 is 40.1. The van der Waals surface area contributed by atoms with Crippen molar-refractivity contribution in [2.24, 2.45) is 0 Å². The highest BCUT2D eigenvalue weighted by atomic mass is 35.5. The minimum absolute atomic E-state index is 0.0726. The maximum Gasteiger partial charge on any atom is 0.264 e. The molecule has 1 fully saturated rings. The molecule has 1 heterocycles. The van der Waals surface area contributed by atoms with Gasteiger partial charge in [0.15, 0.2) is 0 Å². The molecule has 1 aliphatic rings. The zero-order valence-corrected chi connectivity index (χ0v) is 22.0. The number of rotatable bonds is 9.